The minimum atomic E-state index is 0.0832. The first-order valence-corrected chi connectivity index (χ1v) is 6.68. The van der Waals surface area contributed by atoms with E-state index < -0.39 is 0 Å². The Morgan fingerprint density at radius 1 is 1.44 bits per heavy atom. The summed E-state index contributed by atoms with van der Waals surface area (Å²) in [6.07, 6.45) is 7.10. The predicted octanol–water partition coefficient (Wildman–Crippen LogP) is 1.98. The third-order valence-corrected chi connectivity index (χ3v) is 4.81. The van der Waals surface area contributed by atoms with Crippen molar-refractivity contribution in [2.24, 2.45) is 17.3 Å². The molecular formula is C14H19N3O. The summed E-state index contributed by atoms with van der Waals surface area (Å²) in [5.74, 6) is 1.53. The van der Waals surface area contributed by atoms with Gasteiger partial charge in [0, 0.05) is 25.5 Å². The molecule has 0 bridgehead atoms. The maximum absolute atomic E-state index is 12.3. The number of rotatable bonds is 2. The maximum Gasteiger partial charge on any atom is 0.256 e. The van der Waals surface area contributed by atoms with Gasteiger partial charge in [0.1, 0.15) is 6.33 Å². The Bertz CT molecular complexity index is 459. The third kappa shape index (κ3) is 1.71. The number of likely N-dealkylation sites (tertiary alicyclic amines) is 1. The van der Waals surface area contributed by atoms with Crippen LogP contribution in [0.2, 0.25) is 0 Å². The van der Waals surface area contributed by atoms with E-state index in [4.69, 9.17) is 0 Å². The molecule has 4 nitrogen and oxygen atoms in total. The molecule has 2 atom stereocenters. The van der Waals surface area contributed by atoms with Gasteiger partial charge in [-0.3, -0.25) is 4.79 Å². The lowest BCUT2D eigenvalue weighted by atomic mass is 9.84. The van der Waals surface area contributed by atoms with Crippen molar-refractivity contribution in [3.05, 3.63) is 24.3 Å². The van der Waals surface area contributed by atoms with Gasteiger partial charge in [0.2, 0.25) is 0 Å². The Morgan fingerprint density at radius 2 is 2.17 bits per heavy atom. The van der Waals surface area contributed by atoms with Crippen LogP contribution in [0.4, 0.5) is 0 Å². The second kappa shape index (κ2) is 4.04. The summed E-state index contributed by atoms with van der Waals surface area (Å²) in [7, 11) is 0. The Hall–Kier alpha value is -1.45. The third-order valence-electron chi connectivity index (χ3n) is 4.81. The molecule has 0 radical (unpaired) electrons. The van der Waals surface area contributed by atoms with Crippen LogP contribution in [0.3, 0.4) is 0 Å². The van der Waals surface area contributed by atoms with Gasteiger partial charge in [0.15, 0.2) is 0 Å². The molecule has 18 heavy (non-hydrogen) atoms. The van der Waals surface area contributed by atoms with Crippen molar-refractivity contribution in [2.45, 2.75) is 26.7 Å². The molecule has 4 heteroatoms. The van der Waals surface area contributed by atoms with Crippen LogP contribution in [0.15, 0.2) is 18.7 Å². The normalized spacial score (nSPS) is 30.2. The van der Waals surface area contributed by atoms with Crippen LogP contribution in [-0.2, 0) is 0 Å². The summed E-state index contributed by atoms with van der Waals surface area (Å²) in [4.78, 5) is 22.1. The van der Waals surface area contributed by atoms with Gasteiger partial charge in [-0.25, -0.2) is 9.97 Å². The molecule has 0 aromatic carbocycles. The Labute approximate surface area is 107 Å². The van der Waals surface area contributed by atoms with E-state index in [-0.39, 0.29) is 5.91 Å². The van der Waals surface area contributed by atoms with E-state index in [9.17, 15) is 4.79 Å². The van der Waals surface area contributed by atoms with Gasteiger partial charge in [-0.15, -0.1) is 0 Å². The topological polar surface area (TPSA) is 46.1 Å². The van der Waals surface area contributed by atoms with Crippen molar-refractivity contribution in [1.29, 1.82) is 0 Å². The van der Waals surface area contributed by atoms with Gasteiger partial charge >= 0.3 is 0 Å². The summed E-state index contributed by atoms with van der Waals surface area (Å²) in [5, 5.41) is 0. The molecule has 2 fully saturated rings. The average molecular weight is 245 g/mol. The van der Waals surface area contributed by atoms with Crippen LogP contribution in [0.25, 0.3) is 0 Å². The molecule has 1 saturated carbocycles. The van der Waals surface area contributed by atoms with Gasteiger partial charge in [0.25, 0.3) is 5.91 Å². The molecular weight excluding hydrogens is 226 g/mol. The number of hydrogen-bond acceptors (Lipinski definition) is 3. The summed E-state index contributed by atoms with van der Waals surface area (Å²) >= 11 is 0. The fourth-order valence-electron chi connectivity index (χ4n) is 3.43. The standard InChI is InChI=1S/C14H19N3O/c1-10(2)14-3-4-17(8-12(14)5-14)13(18)11-6-15-9-16-7-11/h6-7,9-10,12H,3-5,8H2,1-2H3. The molecule has 2 unspecified atom stereocenters. The van der Waals surface area contributed by atoms with Crippen molar-refractivity contribution in [2.75, 3.05) is 13.1 Å². The van der Waals surface area contributed by atoms with Crippen LogP contribution in [0.1, 0.15) is 37.0 Å². The number of fused-ring (bicyclic) bond motifs is 1. The molecule has 1 aromatic heterocycles. The van der Waals surface area contributed by atoms with Crippen molar-refractivity contribution < 1.29 is 4.79 Å². The van der Waals surface area contributed by atoms with E-state index in [1.165, 1.54) is 12.7 Å². The van der Waals surface area contributed by atoms with Gasteiger partial charge in [0.05, 0.1) is 5.56 Å². The average Bonchev–Trinajstić information content (AvgIpc) is 3.13. The van der Waals surface area contributed by atoms with Crippen LogP contribution in [-0.4, -0.2) is 33.9 Å². The molecule has 2 heterocycles. The number of carbonyl (C=O) groups is 1. The maximum atomic E-state index is 12.3. The van der Waals surface area contributed by atoms with E-state index in [2.05, 4.69) is 23.8 Å². The zero-order valence-corrected chi connectivity index (χ0v) is 11.0. The van der Waals surface area contributed by atoms with Crippen LogP contribution >= 0.6 is 0 Å². The highest BCUT2D eigenvalue weighted by molar-refractivity contribution is 5.93. The van der Waals surface area contributed by atoms with Crippen LogP contribution < -0.4 is 0 Å². The summed E-state index contributed by atoms with van der Waals surface area (Å²) < 4.78 is 0. The quantitative estimate of drug-likeness (QED) is 0.800. The number of nitrogens with zero attached hydrogens (tertiary/aromatic N) is 3. The molecule has 96 valence electrons. The molecule has 3 rings (SSSR count). The minimum Gasteiger partial charge on any atom is -0.338 e. The van der Waals surface area contributed by atoms with Crippen molar-refractivity contribution >= 4 is 5.91 Å². The Balaban J connectivity index is 1.69. The molecule has 1 aromatic rings. The highest BCUT2D eigenvalue weighted by Gasteiger charge is 2.58. The molecule has 1 aliphatic carbocycles. The monoisotopic (exact) mass is 245 g/mol. The first-order chi connectivity index (χ1) is 8.63. The lowest BCUT2D eigenvalue weighted by Crippen LogP contribution is -2.40. The highest BCUT2D eigenvalue weighted by Crippen LogP contribution is 2.62. The van der Waals surface area contributed by atoms with E-state index >= 15 is 0 Å². The molecule has 0 spiro atoms. The summed E-state index contributed by atoms with van der Waals surface area (Å²) in [6, 6.07) is 0. The number of aromatic nitrogens is 2. The van der Waals surface area contributed by atoms with Crippen LogP contribution in [0, 0.1) is 17.3 Å². The lowest BCUT2D eigenvalue weighted by molar-refractivity contribution is 0.0656. The fraction of sp³-hybridized carbons (Fsp3) is 0.643. The zero-order valence-electron chi connectivity index (χ0n) is 11.0. The SMILES string of the molecule is CC(C)C12CCN(C(=O)c3cncnc3)CC1C2. The van der Waals surface area contributed by atoms with Crippen molar-refractivity contribution in [3.8, 4) is 0 Å². The van der Waals surface area contributed by atoms with E-state index in [0.29, 0.717) is 16.9 Å². The van der Waals surface area contributed by atoms with Gasteiger partial charge in [-0.05, 0) is 30.1 Å². The zero-order chi connectivity index (χ0) is 12.8. The number of amides is 1. The number of piperidine rings is 1. The Kier molecular flexibility index (Phi) is 2.61. The molecule has 1 saturated heterocycles. The summed E-state index contributed by atoms with van der Waals surface area (Å²) in [6.45, 7) is 6.40. The largest absolute Gasteiger partial charge is 0.338 e. The second-order valence-electron chi connectivity index (χ2n) is 5.92. The van der Waals surface area contributed by atoms with Gasteiger partial charge < -0.3 is 4.90 Å². The predicted molar refractivity (Wildman–Crippen MR) is 67.9 cm³/mol. The van der Waals surface area contributed by atoms with Crippen molar-refractivity contribution in [3.63, 3.8) is 0 Å². The van der Waals surface area contributed by atoms with Gasteiger partial charge in [-0.2, -0.15) is 0 Å². The first kappa shape index (κ1) is 11.6. The second-order valence-corrected chi connectivity index (χ2v) is 5.92. The molecule has 1 aliphatic heterocycles. The molecule has 2 aliphatic rings. The molecule has 0 N–H and O–H groups in total. The minimum absolute atomic E-state index is 0.0832. The fourth-order valence-corrected chi connectivity index (χ4v) is 3.43. The van der Waals surface area contributed by atoms with Crippen LogP contribution in [0.5, 0.6) is 0 Å². The number of carbonyl (C=O) groups excluding carboxylic acids is 1. The van der Waals surface area contributed by atoms with Crippen molar-refractivity contribution in [1.82, 2.24) is 14.9 Å². The smallest absolute Gasteiger partial charge is 0.256 e. The van der Waals surface area contributed by atoms with E-state index in [1.807, 2.05) is 4.90 Å². The summed E-state index contributed by atoms with van der Waals surface area (Å²) in [5.41, 5.74) is 1.14. The lowest BCUT2D eigenvalue weighted by Gasteiger charge is -2.33. The molecule has 1 amide bonds. The first-order valence-electron chi connectivity index (χ1n) is 6.68. The Morgan fingerprint density at radius 3 is 2.78 bits per heavy atom. The van der Waals surface area contributed by atoms with Gasteiger partial charge in [-0.1, -0.05) is 13.8 Å². The van der Waals surface area contributed by atoms with E-state index in [1.54, 1.807) is 12.4 Å². The van der Waals surface area contributed by atoms with E-state index in [0.717, 1.165) is 25.4 Å². The highest BCUT2D eigenvalue weighted by atomic mass is 16.2. The number of hydrogen-bond donors (Lipinski definition) is 0.